The first-order chi connectivity index (χ1) is 17.2. The van der Waals surface area contributed by atoms with Crippen molar-refractivity contribution in [1.29, 1.82) is 0 Å². The monoisotopic (exact) mass is 562 g/mol. The Morgan fingerprint density at radius 2 is 1.86 bits per heavy atom. The molecule has 0 bridgehead atoms. The summed E-state index contributed by atoms with van der Waals surface area (Å²) in [4.78, 5) is 27.3. The van der Waals surface area contributed by atoms with Crippen LogP contribution >= 0.6 is 35.5 Å². The highest BCUT2D eigenvalue weighted by molar-refractivity contribution is 8.03. The lowest BCUT2D eigenvalue weighted by Crippen LogP contribution is -2.27. The molecule has 37 heavy (non-hydrogen) atoms. The molecular weight excluding hydrogens is 535 g/mol. The van der Waals surface area contributed by atoms with Crippen molar-refractivity contribution in [3.8, 4) is 5.69 Å². The number of carbonyl (C=O) groups is 1. The molecule has 196 valence electrons. The van der Waals surface area contributed by atoms with Gasteiger partial charge >= 0.3 is 5.97 Å². The number of carboxylic acid groups (broad SMARTS) is 1. The van der Waals surface area contributed by atoms with Crippen molar-refractivity contribution in [2.45, 2.75) is 49.2 Å². The van der Waals surface area contributed by atoms with E-state index in [2.05, 4.69) is 31.9 Å². The number of thiazole rings is 1. The standard InChI is InChI=1S/C25H27FN6O2S2.ClH/c1-4-17-11-27-23(28-12-17)31(10-9-20-16-35-24(30-20)36-25(2,3)22(33)34)14-18-13-29-32(15-18)21-7-5-19(26)6-8-21;/h5-8,11-13,15-16H,4,9-10,14H2,1-3H3,(H,33,34);1H. The number of hydrogen-bond donors (Lipinski definition) is 1. The molecule has 0 fully saturated rings. The summed E-state index contributed by atoms with van der Waals surface area (Å²) in [5.74, 6) is -0.553. The van der Waals surface area contributed by atoms with Gasteiger partial charge in [0, 0.05) is 49.0 Å². The number of thioether (sulfide) groups is 1. The number of anilines is 1. The second kappa shape index (κ2) is 12.5. The van der Waals surface area contributed by atoms with Crippen molar-refractivity contribution in [2.24, 2.45) is 0 Å². The predicted molar refractivity (Wildman–Crippen MR) is 147 cm³/mol. The first-order valence-electron chi connectivity index (χ1n) is 11.5. The molecule has 3 heterocycles. The van der Waals surface area contributed by atoms with Crippen LogP contribution in [0.5, 0.6) is 0 Å². The van der Waals surface area contributed by atoms with Gasteiger partial charge in [-0.1, -0.05) is 18.7 Å². The molecule has 0 aliphatic rings. The van der Waals surface area contributed by atoms with E-state index in [4.69, 9.17) is 0 Å². The number of benzene rings is 1. The van der Waals surface area contributed by atoms with Crippen LogP contribution in [0.3, 0.4) is 0 Å². The third kappa shape index (κ3) is 7.50. The van der Waals surface area contributed by atoms with Crippen LogP contribution in [0.15, 0.2) is 58.8 Å². The Balaban J connectivity index is 0.00000380. The van der Waals surface area contributed by atoms with Crippen LogP contribution in [0.4, 0.5) is 10.3 Å². The summed E-state index contributed by atoms with van der Waals surface area (Å²) in [6, 6.07) is 6.17. The first-order valence-corrected chi connectivity index (χ1v) is 13.2. The number of aromatic nitrogens is 5. The van der Waals surface area contributed by atoms with E-state index in [1.54, 1.807) is 36.9 Å². The topological polar surface area (TPSA) is 97.0 Å². The predicted octanol–water partition coefficient (Wildman–Crippen LogP) is 5.45. The zero-order valence-electron chi connectivity index (χ0n) is 20.7. The molecule has 4 aromatic rings. The van der Waals surface area contributed by atoms with Crippen LogP contribution < -0.4 is 4.90 Å². The van der Waals surface area contributed by atoms with E-state index >= 15 is 0 Å². The van der Waals surface area contributed by atoms with Gasteiger partial charge in [0.2, 0.25) is 5.95 Å². The van der Waals surface area contributed by atoms with E-state index in [1.165, 1.54) is 35.2 Å². The summed E-state index contributed by atoms with van der Waals surface area (Å²) >= 11 is 2.70. The maximum atomic E-state index is 13.3. The normalized spacial score (nSPS) is 11.2. The molecule has 0 unspecified atom stereocenters. The SMILES string of the molecule is CCc1cnc(N(CCc2csc(SC(C)(C)C(=O)O)n2)Cc2cnn(-c3ccc(F)cc3)c2)nc1.Cl. The molecule has 1 N–H and O–H groups in total. The Bertz CT molecular complexity index is 1310. The number of rotatable bonds is 11. The van der Waals surface area contributed by atoms with Crippen molar-refractivity contribution < 1.29 is 14.3 Å². The average molecular weight is 563 g/mol. The molecule has 0 aliphatic carbocycles. The van der Waals surface area contributed by atoms with Crippen LogP contribution in [0.25, 0.3) is 5.69 Å². The molecule has 0 atom stereocenters. The minimum Gasteiger partial charge on any atom is -0.480 e. The van der Waals surface area contributed by atoms with Gasteiger partial charge in [-0.25, -0.2) is 24.0 Å². The number of aryl methyl sites for hydroxylation is 1. The van der Waals surface area contributed by atoms with Crippen molar-refractivity contribution in [2.75, 3.05) is 11.4 Å². The lowest BCUT2D eigenvalue weighted by Gasteiger charge is -2.21. The van der Waals surface area contributed by atoms with Crippen molar-refractivity contribution in [3.63, 3.8) is 0 Å². The van der Waals surface area contributed by atoms with Gasteiger partial charge in [0.25, 0.3) is 0 Å². The third-order valence-corrected chi connectivity index (χ3v) is 7.68. The Labute approximate surface area is 229 Å². The molecular formula is C25H28ClFN6O2S2. The van der Waals surface area contributed by atoms with Gasteiger partial charge in [-0.2, -0.15) is 5.10 Å². The molecule has 3 aromatic heterocycles. The molecule has 8 nitrogen and oxygen atoms in total. The van der Waals surface area contributed by atoms with E-state index in [0.717, 1.165) is 33.3 Å². The van der Waals surface area contributed by atoms with Crippen molar-refractivity contribution in [1.82, 2.24) is 24.7 Å². The maximum Gasteiger partial charge on any atom is 0.319 e. The maximum absolute atomic E-state index is 13.3. The fraction of sp³-hybridized carbons (Fsp3) is 0.320. The summed E-state index contributed by atoms with van der Waals surface area (Å²) in [6.07, 6.45) is 8.87. The highest BCUT2D eigenvalue weighted by Gasteiger charge is 2.29. The zero-order valence-corrected chi connectivity index (χ0v) is 23.1. The molecule has 0 amide bonds. The van der Waals surface area contributed by atoms with Gasteiger partial charge in [-0.15, -0.1) is 23.7 Å². The van der Waals surface area contributed by atoms with Gasteiger partial charge in [0.15, 0.2) is 4.34 Å². The van der Waals surface area contributed by atoms with E-state index in [9.17, 15) is 14.3 Å². The van der Waals surface area contributed by atoms with Crippen LogP contribution in [0.2, 0.25) is 0 Å². The van der Waals surface area contributed by atoms with Crippen molar-refractivity contribution in [3.05, 3.63) is 77.1 Å². The third-order valence-electron chi connectivity index (χ3n) is 5.51. The second-order valence-corrected chi connectivity index (χ2v) is 11.4. The Kier molecular flexibility index (Phi) is 9.63. The summed E-state index contributed by atoms with van der Waals surface area (Å²) < 4.78 is 14.8. The molecule has 1 aromatic carbocycles. The molecule has 4 rings (SSSR count). The van der Waals surface area contributed by atoms with Gasteiger partial charge in [0.05, 0.1) is 17.6 Å². The number of carboxylic acids is 1. The minimum atomic E-state index is -0.944. The van der Waals surface area contributed by atoms with Gasteiger partial charge in [-0.05, 0) is 50.1 Å². The Morgan fingerprint density at radius 3 is 2.51 bits per heavy atom. The lowest BCUT2D eigenvalue weighted by molar-refractivity contribution is -0.138. The van der Waals surface area contributed by atoms with E-state index in [1.807, 2.05) is 24.0 Å². The van der Waals surface area contributed by atoms with Crippen molar-refractivity contribution >= 4 is 47.4 Å². The summed E-state index contributed by atoms with van der Waals surface area (Å²) in [6.45, 7) is 6.55. The van der Waals surface area contributed by atoms with Crippen LogP contribution in [-0.2, 0) is 24.2 Å². The smallest absolute Gasteiger partial charge is 0.319 e. The summed E-state index contributed by atoms with van der Waals surface area (Å²) in [5, 5.41) is 15.8. The fourth-order valence-corrected chi connectivity index (χ4v) is 5.53. The largest absolute Gasteiger partial charge is 0.480 e. The Morgan fingerprint density at radius 1 is 1.16 bits per heavy atom. The van der Waals surface area contributed by atoms with E-state index in [0.29, 0.717) is 25.5 Å². The summed E-state index contributed by atoms with van der Waals surface area (Å²) in [7, 11) is 0. The second-order valence-electron chi connectivity index (χ2n) is 8.71. The number of aliphatic carboxylic acids is 1. The fourth-order valence-electron chi connectivity index (χ4n) is 3.30. The average Bonchev–Trinajstić information content (AvgIpc) is 3.51. The lowest BCUT2D eigenvalue weighted by atomic mass is 10.2. The molecule has 12 heteroatoms. The number of nitrogens with zero attached hydrogens (tertiary/aromatic N) is 6. The van der Waals surface area contributed by atoms with Gasteiger partial charge in [0.1, 0.15) is 10.6 Å². The molecule has 0 aliphatic heterocycles. The highest BCUT2D eigenvalue weighted by Crippen LogP contribution is 2.34. The van der Waals surface area contributed by atoms with Crippen LogP contribution in [0, 0.1) is 5.82 Å². The first kappa shape index (κ1) is 28.5. The van der Waals surface area contributed by atoms with Crippen LogP contribution in [0.1, 0.15) is 37.6 Å². The Hall–Kier alpha value is -3.02. The van der Waals surface area contributed by atoms with E-state index in [-0.39, 0.29) is 18.2 Å². The molecule has 0 radical (unpaired) electrons. The highest BCUT2D eigenvalue weighted by atomic mass is 35.5. The quantitative estimate of drug-likeness (QED) is 0.241. The van der Waals surface area contributed by atoms with Gasteiger partial charge < -0.3 is 10.0 Å². The zero-order chi connectivity index (χ0) is 25.7. The van der Waals surface area contributed by atoms with Crippen LogP contribution in [-0.4, -0.2) is 47.1 Å². The number of hydrogen-bond acceptors (Lipinski definition) is 8. The molecule has 0 saturated heterocycles. The summed E-state index contributed by atoms with van der Waals surface area (Å²) in [5.41, 5.74) is 3.68. The molecule has 0 spiro atoms. The minimum absolute atomic E-state index is 0. The molecule has 0 saturated carbocycles. The number of halogens is 2. The van der Waals surface area contributed by atoms with E-state index < -0.39 is 10.7 Å². The van der Waals surface area contributed by atoms with Gasteiger partial charge in [-0.3, -0.25) is 4.79 Å².